The highest BCUT2D eigenvalue weighted by molar-refractivity contribution is 7.88. The Morgan fingerprint density at radius 3 is 2.75 bits per heavy atom. The average Bonchev–Trinajstić information content (AvgIpc) is 2.55. The van der Waals surface area contributed by atoms with Crippen molar-refractivity contribution in [2.45, 2.75) is 11.8 Å². The molecule has 3 rings (SSSR count). The summed E-state index contributed by atoms with van der Waals surface area (Å²) in [5.74, 6) is -0.670. The van der Waals surface area contributed by atoms with Crippen LogP contribution in [0.4, 0.5) is 4.39 Å². The van der Waals surface area contributed by atoms with Gasteiger partial charge in [0.1, 0.15) is 5.82 Å². The minimum absolute atomic E-state index is 0.230. The standard InChI is InChI=1S/C17H18ClFN2O2S/c18-16-7-2-1-6-15(16)17-11-20-8-9-21(17)24(22,23)12-13-4-3-5-14(19)10-13/h1-7,10,17,20H,8-9,11-12H2. The summed E-state index contributed by atoms with van der Waals surface area (Å²) in [6.07, 6.45) is 0. The van der Waals surface area contributed by atoms with Gasteiger partial charge in [0.05, 0.1) is 11.8 Å². The molecule has 1 fully saturated rings. The van der Waals surface area contributed by atoms with Gasteiger partial charge in [-0.25, -0.2) is 12.8 Å². The maximum atomic E-state index is 13.3. The van der Waals surface area contributed by atoms with Gasteiger partial charge in [-0.2, -0.15) is 4.31 Å². The van der Waals surface area contributed by atoms with Gasteiger partial charge >= 0.3 is 0 Å². The largest absolute Gasteiger partial charge is 0.313 e. The smallest absolute Gasteiger partial charge is 0.218 e. The third-order valence-corrected chi connectivity index (χ3v) is 6.25. The molecule has 1 N–H and O–H groups in total. The molecule has 1 unspecified atom stereocenters. The molecule has 0 amide bonds. The van der Waals surface area contributed by atoms with Gasteiger partial charge in [-0.15, -0.1) is 0 Å². The number of sulfonamides is 1. The van der Waals surface area contributed by atoms with E-state index in [-0.39, 0.29) is 11.8 Å². The fourth-order valence-corrected chi connectivity index (χ4v) is 4.92. The SMILES string of the molecule is O=S(=O)(Cc1cccc(F)c1)N1CCNCC1c1ccccc1Cl. The lowest BCUT2D eigenvalue weighted by atomic mass is 10.1. The lowest BCUT2D eigenvalue weighted by molar-refractivity contribution is 0.271. The number of halogens is 2. The van der Waals surface area contributed by atoms with E-state index in [1.165, 1.54) is 22.5 Å². The van der Waals surface area contributed by atoms with Crippen molar-refractivity contribution in [2.75, 3.05) is 19.6 Å². The molecule has 1 heterocycles. The first-order valence-electron chi connectivity index (χ1n) is 7.66. The number of rotatable bonds is 4. The van der Waals surface area contributed by atoms with E-state index < -0.39 is 15.8 Å². The third kappa shape index (κ3) is 3.78. The summed E-state index contributed by atoms with van der Waals surface area (Å²) >= 11 is 6.26. The highest BCUT2D eigenvalue weighted by Crippen LogP contribution is 2.31. The molecule has 1 saturated heterocycles. The van der Waals surface area contributed by atoms with Crippen molar-refractivity contribution in [2.24, 2.45) is 0 Å². The number of nitrogens with one attached hydrogen (secondary N) is 1. The van der Waals surface area contributed by atoms with E-state index >= 15 is 0 Å². The highest BCUT2D eigenvalue weighted by atomic mass is 35.5. The zero-order valence-electron chi connectivity index (χ0n) is 13.0. The van der Waals surface area contributed by atoms with Crippen LogP contribution in [0, 0.1) is 5.82 Å². The van der Waals surface area contributed by atoms with Crippen LogP contribution in [0.5, 0.6) is 0 Å². The number of piperazine rings is 1. The molecule has 4 nitrogen and oxygen atoms in total. The fraction of sp³-hybridized carbons (Fsp3) is 0.294. The molecule has 7 heteroatoms. The first-order chi connectivity index (χ1) is 11.5. The predicted octanol–water partition coefficient (Wildman–Crippen LogP) is 2.96. The Hall–Kier alpha value is -1.47. The fourth-order valence-electron chi connectivity index (χ4n) is 2.95. The first-order valence-corrected chi connectivity index (χ1v) is 9.65. The summed E-state index contributed by atoms with van der Waals surface area (Å²) in [4.78, 5) is 0. The van der Waals surface area contributed by atoms with E-state index in [2.05, 4.69) is 5.32 Å². The molecule has 0 aromatic heterocycles. The van der Waals surface area contributed by atoms with Crippen molar-refractivity contribution < 1.29 is 12.8 Å². The van der Waals surface area contributed by atoms with Crippen LogP contribution < -0.4 is 5.32 Å². The third-order valence-electron chi connectivity index (χ3n) is 4.05. The van der Waals surface area contributed by atoms with E-state index in [4.69, 9.17) is 11.6 Å². The van der Waals surface area contributed by atoms with Gasteiger partial charge < -0.3 is 5.32 Å². The minimum atomic E-state index is -3.60. The van der Waals surface area contributed by atoms with Crippen LogP contribution >= 0.6 is 11.6 Å². The van der Waals surface area contributed by atoms with Gasteiger partial charge in [-0.3, -0.25) is 0 Å². The maximum absolute atomic E-state index is 13.3. The molecule has 2 aromatic rings. The van der Waals surface area contributed by atoms with Gasteiger partial charge in [-0.1, -0.05) is 41.9 Å². The summed E-state index contributed by atoms with van der Waals surface area (Å²) in [7, 11) is -3.60. The number of hydrogen-bond acceptors (Lipinski definition) is 3. The molecular formula is C17H18ClFN2O2S. The quantitative estimate of drug-likeness (QED) is 0.902. The van der Waals surface area contributed by atoms with E-state index in [1.54, 1.807) is 12.1 Å². The number of benzene rings is 2. The molecule has 1 aliphatic rings. The predicted molar refractivity (Wildman–Crippen MR) is 92.8 cm³/mol. The molecule has 24 heavy (non-hydrogen) atoms. The lowest BCUT2D eigenvalue weighted by Gasteiger charge is -2.36. The molecule has 1 atom stereocenters. The zero-order chi connectivity index (χ0) is 17.2. The summed E-state index contributed by atoms with van der Waals surface area (Å²) in [5.41, 5.74) is 1.21. The Bertz CT molecular complexity index is 829. The van der Waals surface area contributed by atoms with Gasteiger partial charge in [0.15, 0.2) is 0 Å². The van der Waals surface area contributed by atoms with Gasteiger partial charge in [-0.05, 0) is 29.3 Å². The van der Waals surface area contributed by atoms with E-state index in [0.29, 0.717) is 30.2 Å². The van der Waals surface area contributed by atoms with E-state index in [0.717, 1.165) is 5.56 Å². The summed E-state index contributed by atoms with van der Waals surface area (Å²) in [5, 5.41) is 3.75. The van der Waals surface area contributed by atoms with Crippen LogP contribution in [0.2, 0.25) is 5.02 Å². The van der Waals surface area contributed by atoms with Crippen LogP contribution in [-0.2, 0) is 15.8 Å². The minimum Gasteiger partial charge on any atom is -0.313 e. The number of hydrogen-bond donors (Lipinski definition) is 1. The van der Waals surface area contributed by atoms with Crippen molar-refractivity contribution >= 4 is 21.6 Å². The molecule has 2 aromatic carbocycles. The number of nitrogens with zero attached hydrogens (tertiary/aromatic N) is 1. The molecule has 0 aliphatic carbocycles. The van der Waals surface area contributed by atoms with Gasteiger partial charge in [0.2, 0.25) is 10.0 Å². The van der Waals surface area contributed by atoms with Crippen molar-refractivity contribution in [3.8, 4) is 0 Å². The molecule has 128 valence electrons. The van der Waals surface area contributed by atoms with Crippen LogP contribution in [0.1, 0.15) is 17.2 Å². The first kappa shape index (κ1) is 17.4. The zero-order valence-corrected chi connectivity index (χ0v) is 14.5. The van der Waals surface area contributed by atoms with Crippen molar-refractivity contribution in [3.63, 3.8) is 0 Å². The van der Waals surface area contributed by atoms with Crippen molar-refractivity contribution in [3.05, 3.63) is 70.5 Å². The average molecular weight is 369 g/mol. The highest BCUT2D eigenvalue weighted by Gasteiger charge is 2.34. The Labute approximate surface area is 146 Å². The second-order valence-electron chi connectivity index (χ2n) is 5.74. The summed E-state index contributed by atoms with van der Waals surface area (Å²) in [6.45, 7) is 1.42. The topological polar surface area (TPSA) is 49.4 Å². The van der Waals surface area contributed by atoms with E-state index in [9.17, 15) is 12.8 Å². The summed E-state index contributed by atoms with van der Waals surface area (Å²) in [6, 6.07) is 12.6. The Balaban J connectivity index is 1.91. The summed E-state index contributed by atoms with van der Waals surface area (Å²) < 4.78 is 40.6. The van der Waals surface area contributed by atoms with E-state index in [1.807, 2.05) is 18.2 Å². The van der Waals surface area contributed by atoms with Crippen LogP contribution in [0.3, 0.4) is 0 Å². The molecule has 1 aliphatic heterocycles. The van der Waals surface area contributed by atoms with Crippen LogP contribution in [0.15, 0.2) is 48.5 Å². The molecule has 0 spiro atoms. The van der Waals surface area contributed by atoms with Gasteiger partial charge in [0.25, 0.3) is 0 Å². The molecule has 0 saturated carbocycles. The van der Waals surface area contributed by atoms with Crippen LogP contribution in [-0.4, -0.2) is 32.4 Å². The Kier molecular flexibility index (Phi) is 5.20. The second kappa shape index (κ2) is 7.19. The van der Waals surface area contributed by atoms with Crippen LogP contribution in [0.25, 0.3) is 0 Å². The Morgan fingerprint density at radius 2 is 2.00 bits per heavy atom. The monoisotopic (exact) mass is 368 g/mol. The molecular weight excluding hydrogens is 351 g/mol. The lowest BCUT2D eigenvalue weighted by Crippen LogP contribution is -2.49. The van der Waals surface area contributed by atoms with Crippen molar-refractivity contribution in [1.82, 2.24) is 9.62 Å². The Morgan fingerprint density at radius 1 is 1.21 bits per heavy atom. The maximum Gasteiger partial charge on any atom is 0.218 e. The normalized spacial score (nSPS) is 19.3. The van der Waals surface area contributed by atoms with Crippen molar-refractivity contribution in [1.29, 1.82) is 0 Å². The molecule has 0 radical (unpaired) electrons. The van der Waals surface area contributed by atoms with Gasteiger partial charge in [0, 0.05) is 24.7 Å². The molecule has 0 bridgehead atoms. The second-order valence-corrected chi connectivity index (χ2v) is 8.07.